The van der Waals surface area contributed by atoms with E-state index in [-0.39, 0.29) is 39.8 Å². The fourth-order valence-electron chi connectivity index (χ4n) is 7.61. The van der Waals surface area contributed by atoms with Crippen molar-refractivity contribution in [3.05, 3.63) is 38.0 Å². The molecule has 6 aromatic heterocycles. The number of phosphoric ester groups is 2. The summed E-state index contributed by atoms with van der Waals surface area (Å²) < 4.78 is 75.3. The van der Waals surface area contributed by atoms with Gasteiger partial charge in [-0.25, -0.2) is 44.9 Å². The maximum atomic E-state index is 13.5. The van der Waals surface area contributed by atoms with Gasteiger partial charge in [0.05, 0.1) is 38.8 Å². The summed E-state index contributed by atoms with van der Waals surface area (Å²) in [4.78, 5) is 63.4. The molecule has 4 fully saturated rings. The molecule has 0 bridgehead atoms. The third kappa shape index (κ3) is 7.13. The van der Waals surface area contributed by atoms with E-state index < -0.39 is 109 Å². The molecule has 6 aromatic rings. The number of ether oxygens (including phenoxy) is 4. The van der Waals surface area contributed by atoms with E-state index in [0.29, 0.717) is 11.2 Å². The van der Waals surface area contributed by atoms with Gasteiger partial charge in [0.2, 0.25) is 0 Å². The first-order chi connectivity index (χ1) is 29.7. The van der Waals surface area contributed by atoms with E-state index in [1.807, 2.05) is 0 Å². The molecule has 10 heterocycles. The highest BCUT2D eigenvalue weighted by Crippen LogP contribution is 2.51. The van der Waals surface area contributed by atoms with Crippen molar-refractivity contribution in [2.45, 2.75) is 73.6 Å². The Morgan fingerprint density at radius 3 is 1.45 bits per heavy atom. The monoisotopic (exact) mass is 905 g/mol. The van der Waals surface area contributed by atoms with E-state index in [4.69, 9.17) is 54.2 Å². The Morgan fingerprint density at radius 1 is 0.581 bits per heavy atom. The number of anilines is 3. The van der Waals surface area contributed by atoms with Crippen molar-refractivity contribution in [1.29, 1.82) is 0 Å². The third-order valence-electron chi connectivity index (χ3n) is 10.6. The lowest BCUT2D eigenvalue weighted by Gasteiger charge is -2.31. The van der Waals surface area contributed by atoms with Crippen molar-refractivity contribution < 1.29 is 71.3 Å². The van der Waals surface area contributed by atoms with E-state index in [2.05, 4.69) is 44.9 Å². The Kier molecular flexibility index (Phi) is 10.2. The Hall–Kier alpha value is -5.01. The van der Waals surface area contributed by atoms with Gasteiger partial charge in [-0.2, -0.15) is 0 Å². The van der Waals surface area contributed by atoms with Crippen molar-refractivity contribution in [1.82, 2.24) is 58.6 Å². The van der Waals surface area contributed by atoms with Gasteiger partial charge in [0.25, 0.3) is 15.6 Å². The van der Waals surface area contributed by atoms with Crippen LogP contribution in [0.5, 0.6) is 0 Å². The van der Waals surface area contributed by atoms with Crippen molar-refractivity contribution in [2.24, 2.45) is 0 Å². The average Bonchev–Trinajstić information content (AvgIpc) is 3.81. The molecule has 0 spiro atoms. The van der Waals surface area contributed by atoms with Crippen molar-refractivity contribution >= 4 is 66.6 Å². The number of epoxide rings is 1. The molecule has 0 aliphatic carbocycles. The summed E-state index contributed by atoms with van der Waals surface area (Å²) in [5.74, 6) is 0.111. The fraction of sp³-hybridized carbons (Fsp3) is 0.500. The van der Waals surface area contributed by atoms with Crippen LogP contribution in [-0.4, -0.2) is 149 Å². The van der Waals surface area contributed by atoms with Gasteiger partial charge < -0.3 is 79.3 Å². The largest absolute Gasteiger partial charge is 0.756 e. The molecule has 62 heavy (non-hydrogen) atoms. The van der Waals surface area contributed by atoms with Crippen LogP contribution in [0.2, 0.25) is 0 Å². The number of fused-ring (bicyclic) bond motifs is 4. The number of aliphatic hydroxyl groups excluding tert-OH is 3. The molecular formula is C30H33N15O15P2-2. The van der Waals surface area contributed by atoms with Crippen LogP contribution in [-0.2, 0) is 46.2 Å². The molecule has 4 saturated heterocycles. The summed E-state index contributed by atoms with van der Waals surface area (Å²) >= 11 is 0. The van der Waals surface area contributed by atoms with Crippen LogP contribution in [0.1, 0.15) is 18.7 Å². The van der Waals surface area contributed by atoms with Gasteiger partial charge in [0.1, 0.15) is 90.5 Å². The molecule has 30 nitrogen and oxygen atoms in total. The average molecular weight is 906 g/mol. The summed E-state index contributed by atoms with van der Waals surface area (Å²) in [6, 6.07) is 0. The number of aromatic nitrogens is 12. The molecule has 32 heteroatoms. The summed E-state index contributed by atoms with van der Waals surface area (Å²) in [6.45, 7) is -2.30. The first-order valence-corrected chi connectivity index (χ1v) is 21.3. The second-order valence-electron chi connectivity index (χ2n) is 14.3. The Bertz CT molecular complexity index is 2760. The highest BCUT2D eigenvalue weighted by Gasteiger charge is 2.59. The maximum absolute atomic E-state index is 13.5. The molecule has 4 aliphatic rings. The number of aliphatic hydroxyl groups is 3. The predicted molar refractivity (Wildman–Crippen MR) is 196 cm³/mol. The molecule has 0 saturated carbocycles. The van der Waals surface area contributed by atoms with Crippen molar-refractivity contribution in [3.63, 3.8) is 0 Å². The number of hydrogen-bond acceptors (Lipinski definition) is 27. The number of nitrogens with zero attached hydrogens (tertiary/aromatic N) is 12. The number of imidazole rings is 3. The highest BCUT2D eigenvalue weighted by atomic mass is 31.2. The van der Waals surface area contributed by atoms with Crippen LogP contribution in [0.15, 0.2) is 38.0 Å². The standard InChI is InChI=1S/C30H35N15O15P2/c31-22-13-25(37-4-34-22)43(7-40-13)28-19(16(47)10(1-46)55-28)59-61(49,50)53-2-11-17(48)20(29(56-11)44-8-41-14-23(32)35-5-38-26(14)44)60-62(51,52)54-3-12-18-21(58-18)30(57-12)45-9-42-15-24(33)36-6-39-27(15)45/h4-12,16-21,28-30,46-48H,1-3H2,(H,49,50)(H,51,52)(H2,31,34,37)(H2,32,35,38)(H2,33,36,39)/p-2/t10-,11-,12-,16-,17-,18-,19-,20-,21-,28-,29-,30-/m1/s1. The minimum atomic E-state index is -5.49. The maximum Gasteiger partial charge on any atom is 0.268 e. The normalized spacial score (nSPS) is 32.7. The molecule has 2 unspecified atom stereocenters. The predicted octanol–water partition coefficient (Wildman–Crippen LogP) is -3.83. The number of phosphoric acid groups is 2. The Labute approximate surface area is 344 Å². The van der Waals surface area contributed by atoms with E-state index in [9.17, 15) is 34.2 Å². The molecule has 330 valence electrons. The fourth-order valence-corrected chi connectivity index (χ4v) is 9.45. The van der Waals surface area contributed by atoms with Gasteiger partial charge in [-0.1, -0.05) is 0 Å². The Balaban J connectivity index is 0.847. The molecule has 4 aliphatic heterocycles. The topological polar surface area (TPSA) is 427 Å². The molecule has 0 aromatic carbocycles. The van der Waals surface area contributed by atoms with Gasteiger partial charge in [-0.3, -0.25) is 22.8 Å². The molecule has 0 amide bonds. The van der Waals surface area contributed by atoms with Crippen LogP contribution >= 0.6 is 15.6 Å². The summed E-state index contributed by atoms with van der Waals surface area (Å²) in [7, 11) is -10.9. The minimum absolute atomic E-state index is 0.00169. The van der Waals surface area contributed by atoms with Gasteiger partial charge in [-0.05, 0) is 0 Å². The van der Waals surface area contributed by atoms with Crippen LogP contribution < -0.4 is 27.0 Å². The van der Waals surface area contributed by atoms with Gasteiger partial charge in [0.15, 0.2) is 53.1 Å². The number of nitrogens with two attached hydrogens (primary N) is 3. The van der Waals surface area contributed by atoms with Gasteiger partial charge in [0, 0.05) is 0 Å². The lowest BCUT2D eigenvalue weighted by Crippen LogP contribution is -2.38. The van der Waals surface area contributed by atoms with Gasteiger partial charge in [-0.15, -0.1) is 0 Å². The first kappa shape index (κ1) is 41.0. The zero-order valence-corrected chi connectivity index (χ0v) is 33.0. The number of nitrogen functional groups attached to an aromatic ring is 3. The second kappa shape index (κ2) is 15.4. The minimum Gasteiger partial charge on any atom is -0.756 e. The third-order valence-corrected chi connectivity index (χ3v) is 12.5. The van der Waals surface area contributed by atoms with Crippen molar-refractivity contribution in [2.75, 3.05) is 37.0 Å². The Morgan fingerprint density at radius 2 is 0.984 bits per heavy atom. The van der Waals surface area contributed by atoms with Crippen molar-refractivity contribution in [3.8, 4) is 0 Å². The SMILES string of the molecule is Nc1ncnc2c1ncn2[C@@H]1O[C@H](CO)[C@@H](O)[C@H]1OP(=O)([O-])OC[C@H]1O[C@@H](n2cnc3c(N)ncnc32)[C@H](OP(=O)([O-])OC[C@H]2O[C@@H](n3cnc4c(N)ncnc43)[C@@H]3O[C@@H]32)[C@@H]1O. The number of hydrogen-bond donors (Lipinski definition) is 6. The number of rotatable bonds is 14. The van der Waals surface area contributed by atoms with Crippen LogP contribution in [0.3, 0.4) is 0 Å². The quantitative estimate of drug-likeness (QED) is 0.0450. The highest BCUT2D eigenvalue weighted by molar-refractivity contribution is 7.46. The molecule has 9 N–H and O–H groups in total. The summed E-state index contributed by atoms with van der Waals surface area (Å²) in [6.07, 6.45) is -8.66. The summed E-state index contributed by atoms with van der Waals surface area (Å²) in [5, 5.41) is 32.3. The van der Waals surface area contributed by atoms with E-state index in [1.165, 1.54) is 28.1 Å². The lowest BCUT2D eigenvalue weighted by molar-refractivity contribution is -0.239. The van der Waals surface area contributed by atoms with Crippen LogP contribution in [0.4, 0.5) is 17.5 Å². The molecule has 0 radical (unpaired) electrons. The smallest absolute Gasteiger partial charge is 0.268 e. The van der Waals surface area contributed by atoms with E-state index in [1.54, 1.807) is 4.57 Å². The molecule has 14 atom stereocenters. The zero-order valence-electron chi connectivity index (χ0n) is 31.2. The summed E-state index contributed by atoms with van der Waals surface area (Å²) in [5.41, 5.74) is 18.8. The second-order valence-corrected chi connectivity index (χ2v) is 17.0. The van der Waals surface area contributed by atoms with E-state index >= 15 is 0 Å². The zero-order chi connectivity index (χ0) is 43.2. The molecular weight excluding hydrogens is 872 g/mol. The lowest BCUT2D eigenvalue weighted by atomic mass is 10.1. The molecule has 10 rings (SSSR count). The van der Waals surface area contributed by atoms with Crippen LogP contribution in [0, 0.1) is 0 Å². The van der Waals surface area contributed by atoms with Crippen LogP contribution in [0.25, 0.3) is 33.5 Å². The van der Waals surface area contributed by atoms with E-state index in [0.717, 1.165) is 19.0 Å². The van der Waals surface area contributed by atoms with Gasteiger partial charge >= 0.3 is 0 Å². The first-order valence-electron chi connectivity index (χ1n) is 18.4.